The van der Waals surface area contributed by atoms with Crippen LogP contribution in [0.1, 0.15) is 22.6 Å². The van der Waals surface area contributed by atoms with Gasteiger partial charge < -0.3 is 5.32 Å². The first-order valence-corrected chi connectivity index (χ1v) is 9.85. The second-order valence-electron chi connectivity index (χ2n) is 6.67. The van der Waals surface area contributed by atoms with Gasteiger partial charge in [0.15, 0.2) is 0 Å². The zero-order valence-electron chi connectivity index (χ0n) is 14.9. The Morgan fingerprint density at radius 1 is 1.04 bits per heavy atom. The predicted molar refractivity (Wildman–Crippen MR) is 113 cm³/mol. The Morgan fingerprint density at radius 2 is 1.82 bits per heavy atom. The molecule has 0 fully saturated rings. The average Bonchev–Trinajstić information content (AvgIpc) is 3.32. The van der Waals surface area contributed by atoms with Gasteiger partial charge in [-0.1, -0.05) is 12.1 Å². The number of hydrogen-bond donors (Lipinski definition) is 1. The zero-order valence-corrected chi connectivity index (χ0v) is 15.7. The highest BCUT2D eigenvalue weighted by Crippen LogP contribution is 2.39. The van der Waals surface area contributed by atoms with Crippen LogP contribution < -0.4 is 5.32 Å². The Hall–Kier alpha value is -3.38. The Morgan fingerprint density at radius 3 is 2.64 bits per heavy atom. The minimum absolute atomic E-state index is 0.0473. The second-order valence-corrected chi connectivity index (χ2v) is 7.53. The highest BCUT2D eigenvalue weighted by molar-refractivity contribution is 7.17. The monoisotopic (exact) mass is 384 g/mol. The normalized spacial score (nSPS) is 15.9. The van der Waals surface area contributed by atoms with E-state index in [0.29, 0.717) is 0 Å². The molecular weight excluding hydrogens is 368 g/mol. The first kappa shape index (κ1) is 16.8. The maximum absolute atomic E-state index is 12.5. The lowest BCUT2D eigenvalue weighted by molar-refractivity contribution is -0.115. The van der Waals surface area contributed by atoms with Crippen LogP contribution in [-0.4, -0.2) is 22.1 Å². The largest absolute Gasteiger partial charge is 0.325 e. The third-order valence-corrected chi connectivity index (χ3v) is 5.73. The molecule has 1 atom stereocenters. The van der Waals surface area contributed by atoms with E-state index in [4.69, 9.17) is 0 Å². The van der Waals surface area contributed by atoms with Crippen molar-refractivity contribution in [3.63, 3.8) is 0 Å². The van der Waals surface area contributed by atoms with Crippen molar-refractivity contribution in [2.45, 2.75) is 12.3 Å². The van der Waals surface area contributed by atoms with Gasteiger partial charge in [0.2, 0.25) is 5.91 Å². The Labute approximate surface area is 165 Å². The summed E-state index contributed by atoms with van der Waals surface area (Å²) in [6.45, 7) is 0. The highest BCUT2D eigenvalue weighted by Gasteiger charge is 2.31. The van der Waals surface area contributed by atoms with Gasteiger partial charge in [-0.3, -0.25) is 14.8 Å². The van der Waals surface area contributed by atoms with Crippen LogP contribution >= 0.6 is 11.3 Å². The quantitative estimate of drug-likeness (QED) is 0.518. The molecule has 6 heteroatoms. The third-order valence-electron chi connectivity index (χ3n) is 4.86. The molecule has 5 rings (SSSR count). The van der Waals surface area contributed by atoms with Crippen molar-refractivity contribution in [1.29, 1.82) is 0 Å². The Kier molecular flexibility index (Phi) is 4.18. The molecule has 0 spiro atoms. The van der Waals surface area contributed by atoms with Crippen molar-refractivity contribution in [3.8, 4) is 0 Å². The van der Waals surface area contributed by atoms with Crippen molar-refractivity contribution in [2.24, 2.45) is 4.99 Å². The number of aromatic nitrogens is 2. The number of carbonyl (C=O) groups is 1. The molecule has 0 aliphatic carbocycles. The molecule has 0 bridgehead atoms. The topological polar surface area (TPSA) is 67.2 Å². The van der Waals surface area contributed by atoms with Crippen LogP contribution in [0.4, 0.5) is 11.4 Å². The summed E-state index contributed by atoms with van der Waals surface area (Å²) in [5, 5.41) is 2.95. The van der Waals surface area contributed by atoms with Crippen molar-refractivity contribution >= 4 is 45.0 Å². The molecule has 4 aromatic rings. The molecule has 2 aromatic carbocycles. The Balaban J connectivity index is 1.38. The van der Waals surface area contributed by atoms with Crippen LogP contribution in [0.25, 0.3) is 10.2 Å². The summed E-state index contributed by atoms with van der Waals surface area (Å²) >= 11 is 1.55. The van der Waals surface area contributed by atoms with Gasteiger partial charge in [0.25, 0.3) is 0 Å². The number of rotatable bonds is 4. The maximum Gasteiger partial charge on any atom is 0.237 e. The third kappa shape index (κ3) is 3.08. The molecule has 1 amide bonds. The summed E-state index contributed by atoms with van der Waals surface area (Å²) in [6, 6.07) is 16.0. The SMILES string of the molecule is O=C1Nc2ccc3ncsc3c2C1C=Nc1ccc(Cc2ccncc2)cc1. The number of carbonyl (C=O) groups excluding carboxylic acids is 1. The molecule has 3 heterocycles. The molecule has 1 unspecified atom stereocenters. The summed E-state index contributed by atoms with van der Waals surface area (Å²) in [7, 11) is 0. The number of benzene rings is 2. The molecule has 0 saturated heterocycles. The lowest BCUT2D eigenvalue weighted by atomic mass is 10.0. The van der Waals surface area contributed by atoms with E-state index in [1.807, 2.05) is 41.9 Å². The maximum atomic E-state index is 12.5. The molecule has 1 aliphatic heterocycles. The highest BCUT2D eigenvalue weighted by atomic mass is 32.1. The summed E-state index contributed by atoms with van der Waals surface area (Å²) in [5.74, 6) is -0.440. The number of pyridine rings is 1. The van der Waals surface area contributed by atoms with Crippen molar-refractivity contribution in [2.75, 3.05) is 5.32 Å². The zero-order chi connectivity index (χ0) is 18.9. The fraction of sp³-hybridized carbons (Fsp3) is 0.0909. The standard InChI is InChI=1S/C22H16N4OS/c27-22-17(20-18(26-22)5-6-19-21(20)28-13-25-19)12-24-16-3-1-14(2-4-16)11-15-7-9-23-10-8-15/h1-10,12-13,17H,11H2,(H,26,27). The van der Waals surface area contributed by atoms with Crippen LogP contribution in [0.5, 0.6) is 0 Å². The van der Waals surface area contributed by atoms with E-state index in [-0.39, 0.29) is 5.91 Å². The number of nitrogens with zero attached hydrogens (tertiary/aromatic N) is 3. The number of nitrogens with one attached hydrogen (secondary N) is 1. The fourth-order valence-corrected chi connectivity index (χ4v) is 4.32. The lowest BCUT2D eigenvalue weighted by Gasteiger charge is -2.04. The Bertz CT molecular complexity index is 1180. The van der Waals surface area contributed by atoms with Gasteiger partial charge in [-0.2, -0.15) is 0 Å². The van der Waals surface area contributed by atoms with Crippen LogP contribution in [0, 0.1) is 0 Å². The van der Waals surface area contributed by atoms with E-state index in [1.165, 1.54) is 11.1 Å². The molecule has 28 heavy (non-hydrogen) atoms. The fourth-order valence-electron chi connectivity index (χ4n) is 3.45. The molecule has 5 nitrogen and oxygen atoms in total. The average molecular weight is 384 g/mol. The lowest BCUT2D eigenvalue weighted by Crippen LogP contribution is -2.12. The molecule has 0 saturated carbocycles. The summed E-state index contributed by atoms with van der Waals surface area (Å²) < 4.78 is 1.04. The van der Waals surface area contributed by atoms with Gasteiger partial charge >= 0.3 is 0 Å². The van der Waals surface area contributed by atoms with Gasteiger partial charge in [0.05, 0.1) is 21.4 Å². The molecule has 1 aliphatic rings. The van der Waals surface area contributed by atoms with Gasteiger partial charge in [-0.25, -0.2) is 4.98 Å². The minimum Gasteiger partial charge on any atom is -0.325 e. The van der Waals surface area contributed by atoms with E-state index in [0.717, 1.165) is 33.6 Å². The van der Waals surface area contributed by atoms with Crippen molar-refractivity contribution < 1.29 is 4.79 Å². The van der Waals surface area contributed by atoms with Gasteiger partial charge in [-0.15, -0.1) is 11.3 Å². The van der Waals surface area contributed by atoms with Crippen LogP contribution in [-0.2, 0) is 11.2 Å². The van der Waals surface area contributed by atoms with E-state index in [2.05, 4.69) is 32.4 Å². The summed E-state index contributed by atoms with van der Waals surface area (Å²) in [4.78, 5) is 25.4. The first-order chi connectivity index (χ1) is 13.8. The molecule has 2 aromatic heterocycles. The van der Waals surface area contributed by atoms with Gasteiger partial charge in [-0.05, 0) is 53.9 Å². The van der Waals surface area contributed by atoms with Gasteiger partial charge in [0.1, 0.15) is 5.92 Å². The first-order valence-electron chi connectivity index (χ1n) is 8.97. The van der Waals surface area contributed by atoms with E-state index < -0.39 is 5.92 Å². The number of amides is 1. The van der Waals surface area contributed by atoms with Crippen LogP contribution in [0.2, 0.25) is 0 Å². The summed E-state index contributed by atoms with van der Waals surface area (Å²) in [6.07, 6.45) is 6.20. The smallest absolute Gasteiger partial charge is 0.237 e. The second kappa shape index (κ2) is 6.98. The number of anilines is 1. The molecule has 0 radical (unpaired) electrons. The van der Waals surface area contributed by atoms with Crippen molar-refractivity contribution in [1.82, 2.24) is 9.97 Å². The van der Waals surface area contributed by atoms with Crippen LogP contribution in [0.3, 0.4) is 0 Å². The number of aliphatic imine (C=N–C) groups is 1. The van der Waals surface area contributed by atoms with Gasteiger partial charge in [0, 0.05) is 29.9 Å². The van der Waals surface area contributed by atoms with Crippen molar-refractivity contribution in [3.05, 3.63) is 83.1 Å². The molecular formula is C22H16N4OS. The van der Waals surface area contributed by atoms with E-state index in [1.54, 1.807) is 29.9 Å². The number of thiazole rings is 1. The molecule has 136 valence electrons. The van der Waals surface area contributed by atoms with E-state index >= 15 is 0 Å². The van der Waals surface area contributed by atoms with E-state index in [9.17, 15) is 4.79 Å². The number of hydrogen-bond acceptors (Lipinski definition) is 5. The predicted octanol–water partition coefficient (Wildman–Crippen LogP) is 4.72. The minimum atomic E-state index is -0.393. The summed E-state index contributed by atoms with van der Waals surface area (Å²) in [5.41, 5.74) is 7.81. The number of fused-ring (bicyclic) bond motifs is 3. The van der Waals surface area contributed by atoms with Crippen LogP contribution in [0.15, 0.2) is 71.4 Å². The molecule has 1 N–H and O–H groups in total.